The molecule has 15 heteroatoms. The number of thiazole rings is 1. The van der Waals surface area contributed by atoms with Crippen LogP contribution in [0, 0.1) is 5.82 Å². The number of alkyl carbamates (subject to hydrolysis) is 1. The molecule has 0 unspecified atom stereocenters. The molecule has 0 spiro atoms. The van der Waals surface area contributed by atoms with E-state index in [9.17, 15) is 24.3 Å². The molecular weight excluding hydrogens is 653 g/mol. The van der Waals surface area contributed by atoms with Gasteiger partial charge in [0.15, 0.2) is 0 Å². The number of aromatic carboxylic acids is 1. The second-order valence-electron chi connectivity index (χ2n) is 12.0. The Morgan fingerprint density at radius 3 is 2.47 bits per heavy atom. The van der Waals surface area contributed by atoms with Crippen LogP contribution in [0.4, 0.5) is 20.6 Å². The Morgan fingerprint density at radius 1 is 1.06 bits per heavy atom. The van der Waals surface area contributed by atoms with Crippen LogP contribution in [-0.2, 0) is 11.3 Å². The van der Waals surface area contributed by atoms with Gasteiger partial charge >= 0.3 is 12.1 Å². The molecule has 4 N–H and O–H groups in total. The van der Waals surface area contributed by atoms with E-state index < -0.39 is 35.3 Å². The summed E-state index contributed by atoms with van der Waals surface area (Å²) in [6, 6.07) is 10.0. The average molecular weight is 694 g/mol. The number of likely N-dealkylation sites (N-methyl/N-ethyl adjacent to an activating group) is 1. The van der Waals surface area contributed by atoms with Gasteiger partial charge in [-0.15, -0.1) is 11.3 Å². The number of anilines is 2. The first-order valence-electron chi connectivity index (χ1n) is 15.7. The molecule has 49 heavy (non-hydrogen) atoms. The van der Waals surface area contributed by atoms with Crippen molar-refractivity contribution < 1.29 is 33.4 Å². The summed E-state index contributed by atoms with van der Waals surface area (Å²) in [4.78, 5) is 55.9. The summed E-state index contributed by atoms with van der Waals surface area (Å²) in [5.74, 6) is -2.75. The number of carboxylic acid groups (broad SMARTS) is 1. The molecule has 0 aliphatic carbocycles. The van der Waals surface area contributed by atoms with Crippen molar-refractivity contribution in [2.24, 2.45) is 0 Å². The molecule has 260 valence electrons. The highest BCUT2D eigenvalue weighted by Crippen LogP contribution is 2.31. The Bertz CT molecular complexity index is 1800. The van der Waals surface area contributed by atoms with Crippen molar-refractivity contribution in [3.05, 3.63) is 82.9 Å². The highest BCUT2D eigenvalue weighted by molar-refractivity contribution is 7.13. The molecule has 4 aromatic rings. The number of nitrogens with zero attached hydrogens (tertiary/aromatic N) is 4. The number of halogens is 1. The maximum atomic E-state index is 15.3. The number of hydrogen-bond donors (Lipinski definition) is 4. The van der Waals surface area contributed by atoms with E-state index in [1.807, 2.05) is 13.8 Å². The molecule has 2 aromatic carbocycles. The summed E-state index contributed by atoms with van der Waals surface area (Å²) in [6.07, 6.45) is 3.31. The van der Waals surface area contributed by atoms with E-state index in [1.165, 1.54) is 35.6 Å². The molecule has 0 saturated carbocycles. The van der Waals surface area contributed by atoms with Crippen LogP contribution >= 0.6 is 11.3 Å². The van der Waals surface area contributed by atoms with Gasteiger partial charge in [0, 0.05) is 42.8 Å². The predicted octanol–water partition coefficient (Wildman–Crippen LogP) is 5.66. The Balaban J connectivity index is 1.39. The van der Waals surface area contributed by atoms with Crippen molar-refractivity contribution in [1.29, 1.82) is 0 Å². The number of nitrogens with one attached hydrogen (secondary N) is 3. The first kappa shape index (κ1) is 36.5. The third-order valence-corrected chi connectivity index (χ3v) is 8.12. The summed E-state index contributed by atoms with van der Waals surface area (Å²) in [7, 11) is 0. The van der Waals surface area contributed by atoms with E-state index in [2.05, 4.69) is 26.0 Å². The molecule has 13 nitrogen and oxygen atoms in total. The molecule has 0 saturated heterocycles. The molecule has 4 rings (SSSR count). The average Bonchev–Trinajstić information content (AvgIpc) is 3.73. The van der Waals surface area contributed by atoms with Crippen molar-refractivity contribution in [3.8, 4) is 10.6 Å². The first-order valence-corrected chi connectivity index (χ1v) is 16.6. The fourth-order valence-corrected chi connectivity index (χ4v) is 5.65. The molecule has 0 aliphatic heterocycles. The van der Waals surface area contributed by atoms with Gasteiger partial charge in [-0.2, -0.15) is 5.10 Å². The van der Waals surface area contributed by atoms with Crippen LogP contribution in [0.2, 0.25) is 0 Å². The van der Waals surface area contributed by atoms with Gasteiger partial charge in [0.2, 0.25) is 0 Å². The minimum atomic E-state index is -1.19. The van der Waals surface area contributed by atoms with E-state index in [4.69, 9.17) is 4.74 Å². The molecule has 3 amide bonds. The SMILES string of the molecule is CC[C@H](CN(CC)c1c(F)cccc1NC(=O)c1csc(-c2cnn(CCNC(=O)c3ccccc3C(=O)O)c2)n1)NC(=O)OC(C)(C)C. The second kappa shape index (κ2) is 16.2. The lowest BCUT2D eigenvalue weighted by Gasteiger charge is -2.31. The van der Waals surface area contributed by atoms with Gasteiger partial charge in [-0.1, -0.05) is 25.1 Å². The Kier molecular flexibility index (Phi) is 12.1. The zero-order valence-electron chi connectivity index (χ0n) is 27.9. The number of para-hydroxylation sites is 1. The predicted molar refractivity (Wildman–Crippen MR) is 185 cm³/mol. The molecular formula is C34H40FN7O6S. The fourth-order valence-electron chi connectivity index (χ4n) is 4.87. The number of benzene rings is 2. The van der Waals surface area contributed by atoms with Gasteiger partial charge in [-0.05, 0) is 58.4 Å². The van der Waals surface area contributed by atoms with Gasteiger partial charge in [-0.25, -0.2) is 19.0 Å². The van der Waals surface area contributed by atoms with Gasteiger partial charge < -0.3 is 30.7 Å². The second-order valence-corrected chi connectivity index (χ2v) is 12.9. The third kappa shape index (κ3) is 9.85. The fraction of sp³-hybridized carbons (Fsp3) is 0.353. The van der Waals surface area contributed by atoms with Gasteiger partial charge in [0.05, 0.1) is 35.2 Å². The standard InChI is InChI=1S/C34H40FN7O6S/c1-6-22(38-33(47)48-34(3,4)5)19-41(7-2)28-25(35)13-10-14-26(28)39-30(44)27-20-49-31(40-27)21-17-37-42(18-21)16-15-36-29(43)23-11-8-9-12-24(23)32(45)46/h8-14,17-18,20,22H,6-7,15-16,19H2,1-5H3,(H,36,43)(H,38,47)(H,39,44)(H,45,46)/t22-/m1/s1. The highest BCUT2D eigenvalue weighted by atomic mass is 32.1. The van der Waals surface area contributed by atoms with Crippen molar-refractivity contribution in [3.63, 3.8) is 0 Å². The molecule has 0 radical (unpaired) electrons. The summed E-state index contributed by atoms with van der Waals surface area (Å²) in [5.41, 5.74) is 0.556. The van der Waals surface area contributed by atoms with E-state index in [1.54, 1.807) is 66.3 Å². The molecule has 1 atom stereocenters. The minimum Gasteiger partial charge on any atom is -0.478 e. The first-order chi connectivity index (χ1) is 23.3. The lowest BCUT2D eigenvalue weighted by Crippen LogP contribution is -2.45. The summed E-state index contributed by atoms with van der Waals surface area (Å²) in [6.45, 7) is 10.3. The number of aromatic nitrogens is 3. The molecule has 2 aromatic heterocycles. The quantitative estimate of drug-likeness (QED) is 0.130. The van der Waals surface area contributed by atoms with Crippen molar-refractivity contribution >= 4 is 46.6 Å². The maximum absolute atomic E-state index is 15.3. The van der Waals surface area contributed by atoms with Crippen LogP contribution in [0.5, 0.6) is 0 Å². The maximum Gasteiger partial charge on any atom is 0.407 e. The van der Waals surface area contributed by atoms with Crippen LogP contribution < -0.4 is 20.9 Å². The smallest absolute Gasteiger partial charge is 0.407 e. The van der Waals surface area contributed by atoms with E-state index in [0.717, 1.165) is 0 Å². The van der Waals surface area contributed by atoms with Gasteiger partial charge in [0.1, 0.15) is 22.1 Å². The summed E-state index contributed by atoms with van der Waals surface area (Å²) < 4.78 is 22.3. The lowest BCUT2D eigenvalue weighted by atomic mass is 10.1. The van der Waals surface area contributed by atoms with Crippen molar-refractivity contribution in [2.75, 3.05) is 29.9 Å². The number of rotatable bonds is 14. The lowest BCUT2D eigenvalue weighted by molar-refractivity contribution is 0.0503. The molecule has 0 bridgehead atoms. The van der Waals surface area contributed by atoms with Crippen LogP contribution in [0.3, 0.4) is 0 Å². The largest absolute Gasteiger partial charge is 0.478 e. The number of carbonyl (C=O) groups is 4. The number of amides is 3. The molecule has 2 heterocycles. The molecule has 0 aliphatic rings. The monoisotopic (exact) mass is 693 g/mol. The normalized spacial score (nSPS) is 11.8. The van der Waals surface area contributed by atoms with E-state index in [-0.39, 0.29) is 47.3 Å². The number of carboxylic acids is 1. The van der Waals surface area contributed by atoms with Gasteiger partial charge in [-0.3, -0.25) is 14.3 Å². The Hall–Kier alpha value is -5.31. The van der Waals surface area contributed by atoms with E-state index >= 15 is 4.39 Å². The summed E-state index contributed by atoms with van der Waals surface area (Å²) >= 11 is 1.24. The number of carbonyl (C=O) groups excluding carboxylic acids is 3. The third-order valence-electron chi connectivity index (χ3n) is 7.23. The van der Waals surface area contributed by atoms with Crippen LogP contribution in [0.1, 0.15) is 72.2 Å². The minimum absolute atomic E-state index is 0.0675. The van der Waals surface area contributed by atoms with Gasteiger partial charge in [0.25, 0.3) is 11.8 Å². The highest BCUT2D eigenvalue weighted by Gasteiger charge is 2.24. The Labute approximate surface area is 287 Å². The zero-order chi connectivity index (χ0) is 35.7. The summed E-state index contributed by atoms with van der Waals surface area (Å²) in [5, 5.41) is 24.1. The van der Waals surface area contributed by atoms with Crippen molar-refractivity contribution in [2.45, 2.75) is 59.2 Å². The van der Waals surface area contributed by atoms with Crippen LogP contribution in [0.15, 0.2) is 60.2 Å². The topological polar surface area (TPSA) is 168 Å². The number of hydrogen-bond acceptors (Lipinski definition) is 9. The molecule has 0 fully saturated rings. The zero-order valence-corrected chi connectivity index (χ0v) is 28.8. The Morgan fingerprint density at radius 2 is 1.80 bits per heavy atom. The van der Waals surface area contributed by atoms with Crippen LogP contribution in [-0.4, -0.2) is 75.0 Å². The van der Waals surface area contributed by atoms with E-state index in [0.29, 0.717) is 30.1 Å². The van der Waals surface area contributed by atoms with Crippen LogP contribution in [0.25, 0.3) is 10.6 Å². The van der Waals surface area contributed by atoms with Crippen molar-refractivity contribution in [1.82, 2.24) is 25.4 Å². The number of ether oxygens (including phenoxy) is 1.